The number of aromatic hydroxyl groups is 1. The smallest absolute Gasteiger partial charge is 0.312 e. The molecule has 0 fully saturated rings. The number of nitro benzene ring substituents is 1. The summed E-state index contributed by atoms with van der Waals surface area (Å²) in [5.74, 6) is 0.00977. The van der Waals surface area contributed by atoms with Gasteiger partial charge in [-0.2, -0.15) is 0 Å². The van der Waals surface area contributed by atoms with Crippen LogP contribution in [0, 0.1) is 10.1 Å². The zero-order chi connectivity index (χ0) is 18.9. The Morgan fingerprint density at radius 3 is 2.46 bits per heavy atom. The van der Waals surface area contributed by atoms with Crippen molar-refractivity contribution in [3.05, 3.63) is 58.9 Å². The van der Waals surface area contributed by atoms with Crippen molar-refractivity contribution < 1.29 is 18.4 Å². The van der Waals surface area contributed by atoms with Crippen molar-refractivity contribution in [1.82, 2.24) is 14.8 Å². The van der Waals surface area contributed by atoms with E-state index >= 15 is 0 Å². The highest BCUT2D eigenvalue weighted by molar-refractivity contribution is 7.92. The molecule has 0 aliphatic heterocycles. The summed E-state index contributed by atoms with van der Waals surface area (Å²) < 4.78 is 28.9. The Bertz CT molecular complexity index is 1080. The van der Waals surface area contributed by atoms with Gasteiger partial charge >= 0.3 is 5.69 Å². The highest BCUT2D eigenvalue weighted by Crippen LogP contribution is 2.29. The van der Waals surface area contributed by atoms with Gasteiger partial charge in [-0.05, 0) is 36.4 Å². The van der Waals surface area contributed by atoms with Gasteiger partial charge in [0.1, 0.15) is 6.33 Å². The molecule has 2 N–H and O–H groups in total. The van der Waals surface area contributed by atoms with Crippen LogP contribution in [-0.2, 0) is 17.1 Å². The second kappa shape index (κ2) is 6.44. The summed E-state index contributed by atoms with van der Waals surface area (Å²) >= 11 is 0. The number of rotatable bonds is 5. The Balaban J connectivity index is 1.87. The van der Waals surface area contributed by atoms with Crippen LogP contribution < -0.4 is 4.72 Å². The molecule has 0 unspecified atom stereocenters. The summed E-state index contributed by atoms with van der Waals surface area (Å²) in [4.78, 5) is 9.66. The fourth-order valence-corrected chi connectivity index (χ4v) is 3.34. The molecule has 2 aromatic carbocycles. The number of anilines is 1. The van der Waals surface area contributed by atoms with Gasteiger partial charge in [0.2, 0.25) is 0 Å². The van der Waals surface area contributed by atoms with E-state index in [1.54, 1.807) is 30.1 Å². The number of aryl methyl sites for hydroxylation is 1. The number of nitrogens with zero attached hydrogens (tertiary/aromatic N) is 4. The number of benzene rings is 2. The molecule has 0 amide bonds. The van der Waals surface area contributed by atoms with Crippen LogP contribution in [0.1, 0.15) is 0 Å². The fourth-order valence-electron chi connectivity index (χ4n) is 2.26. The van der Waals surface area contributed by atoms with E-state index in [0.717, 1.165) is 23.8 Å². The van der Waals surface area contributed by atoms with Gasteiger partial charge in [0, 0.05) is 24.4 Å². The molecule has 0 saturated heterocycles. The minimum atomic E-state index is -4.06. The standard InChI is InChI=1S/C15H13N5O5S/c1-19-9-16-17-15(19)10-2-4-11(5-3-10)18-26(24,25)12-6-7-14(21)13(8-12)20(22)23/h2-9,18,21H,1H3. The molecule has 0 aliphatic rings. The zero-order valence-electron chi connectivity index (χ0n) is 13.4. The van der Waals surface area contributed by atoms with Crippen molar-refractivity contribution in [3.63, 3.8) is 0 Å². The van der Waals surface area contributed by atoms with Gasteiger partial charge in [-0.25, -0.2) is 8.42 Å². The lowest BCUT2D eigenvalue weighted by atomic mass is 10.2. The summed E-state index contributed by atoms with van der Waals surface area (Å²) in [6.07, 6.45) is 1.55. The maximum atomic E-state index is 12.4. The SMILES string of the molecule is Cn1cnnc1-c1ccc(NS(=O)(=O)c2ccc(O)c([N+](=O)[O-])c2)cc1. The molecule has 134 valence electrons. The van der Waals surface area contributed by atoms with Crippen molar-refractivity contribution in [2.24, 2.45) is 7.05 Å². The van der Waals surface area contributed by atoms with Crippen molar-refractivity contribution in [3.8, 4) is 17.1 Å². The number of nitro groups is 1. The molecule has 10 nitrogen and oxygen atoms in total. The molecular formula is C15H13N5O5S. The van der Waals surface area contributed by atoms with Gasteiger partial charge in [0.25, 0.3) is 10.0 Å². The zero-order valence-corrected chi connectivity index (χ0v) is 14.2. The fraction of sp³-hybridized carbons (Fsp3) is 0.0667. The molecule has 0 atom stereocenters. The van der Waals surface area contributed by atoms with Gasteiger partial charge in [0.05, 0.1) is 9.82 Å². The summed E-state index contributed by atoms with van der Waals surface area (Å²) in [5.41, 5.74) is 0.324. The summed E-state index contributed by atoms with van der Waals surface area (Å²) in [6.45, 7) is 0. The lowest BCUT2D eigenvalue weighted by molar-refractivity contribution is -0.386. The second-order valence-electron chi connectivity index (χ2n) is 5.36. The van der Waals surface area contributed by atoms with Crippen LogP contribution in [0.25, 0.3) is 11.4 Å². The molecule has 0 aliphatic carbocycles. The number of hydrogen-bond donors (Lipinski definition) is 2. The molecular weight excluding hydrogens is 362 g/mol. The van der Waals surface area contributed by atoms with Crippen molar-refractivity contribution in [2.45, 2.75) is 4.90 Å². The minimum Gasteiger partial charge on any atom is -0.502 e. The first-order valence-corrected chi connectivity index (χ1v) is 8.71. The van der Waals surface area contributed by atoms with Crippen LogP contribution in [0.4, 0.5) is 11.4 Å². The first-order chi connectivity index (χ1) is 12.3. The van der Waals surface area contributed by atoms with E-state index in [0.29, 0.717) is 5.82 Å². The average molecular weight is 375 g/mol. The monoisotopic (exact) mass is 375 g/mol. The van der Waals surface area contributed by atoms with E-state index < -0.39 is 26.4 Å². The number of phenols is 1. The molecule has 0 bridgehead atoms. The lowest BCUT2D eigenvalue weighted by Gasteiger charge is -2.09. The van der Waals surface area contributed by atoms with Crippen molar-refractivity contribution >= 4 is 21.4 Å². The van der Waals surface area contributed by atoms with E-state index in [4.69, 9.17) is 0 Å². The summed E-state index contributed by atoms with van der Waals surface area (Å²) in [5, 5.41) is 28.0. The quantitative estimate of drug-likeness (QED) is 0.512. The third-order valence-electron chi connectivity index (χ3n) is 3.56. The predicted octanol–water partition coefficient (Wildman–Crippen LogP) is 1.90. The second-order valence-corrected chi connectivity index (χ2v) is 7.04. The Morgan fingerprint density at radius 1 is 1.19 bits per heavy atom. The number of phenolic OH excluding ortho intramolecular Hbond substituents is 1. The number of sulfonamides is 1. The first-order valence-electron chi connectivity index (χ1n) is 7.22. The minimum absolute atomic E-state index is 0.270. The van der Waals surface area contributed by atoms with Crippen LogP contribution in [0.5, 0.6) is 5.75 Å². The lowest BCUT2D eigenvalue weighted by Crippen LogP contribution is -2.13. The van der Waals surface area contributed by atoms with Crippen LogP contribution in [-0.4, -0.2) is 33.2 Å². The predicted molar refractivity (Wildman–Crippen MR) is 92.0 cm³/mol. The largest absolute Gasteiger partial charge is 0.502 e. The summed E-state index contributed by atoms with van der Waals surface area (Å²) in [7, 11) is -2.28. The molecule has 3 aromatic rings. The van der Waals surface area contributed by atoms with Crippen molar-refractivity contribution in [1.29, 1.82) is 0 Å². The normalized spacial score (nSPS) is 11.3. The summed E-state index contributed by atoms with van der Waals surface area (Å²) in [6, 6.07) is 9.25. The maximum Gasteiger partial charge on any atom is 0.312 e. The highest BCUT2D eigenvalue weighted by Gasteiger charge is 2.21. The van der Waals surface area contributed by atoms with E-state index in [1.807, 2.05) is 0 Å². The van der Waals surface area contributed by atoms with Gasteiger partial charge in [0.15, 0.2) is 11.6 Å². The van der Waals surface area contributed by atoms with E-state index in [-0.39, 0.29) is 10.6 Å². The molecule has 1 heterocycles. The van der Waals surface area contributed by atoms with E-state index in [9.17, 15) is 23.6 Å². The van der Waals surface area contributed by atoms with Crippen LogP contribution in [0.3, 0.4) is 0 Å². The molecule has 3 rings (SSSR count). The average Bonchev–Trinajstić information content (AvgIpc) is 3.01. The van der Waals surface area contributed by atoms with Crippen LogP contribution in [0.15, 0.2) is 53.7 Å². The number of nitrogens with one attached hydrogen (secondary N) is 1. The van der Waals surface area contributed by atoms with E-state index in [2.05, 4.69) is 14.9 Å². The molecule has 26 heavy (non-hydrogen) atoms. The van der Waals surface area contributed by atoms with Gasteiger partial charge in [-0.15, -0.1) is 10.2 Å². The van der Waals surface area contributed by atoms with Crippen LogP contribution in [0.2, 0.25) is 0 Å². The van der Waals surface area contributed by atoms with Crippen molar-refractivity contribution in [2.75, 3.05) is 4.72 Å². The highest BCUT2D eigenvalue weighted by atomic mass is 32.2. The van der Waals surface area contributed by atoms with Gasteiger partial charge in [-0.1, -0.05) is 0 Å². The third-order valence-corrected chi connectivity index (χ3v) is 4.94. The molecule has 0 radical (unpaired) electrons. The van der Waals surface area contributed by atoms with E-state index in [1.165, 1.54) is 12.1 Å². The third kappa shape index (κ3) is 3.32. The van der Waals surface area contributed by atoms with Gasteiger partial charge in [-0.3, -0.25) is 14.8 Å². The number of hydrogen-bond acceptors (Lipinski definition) is 7. The maximum absolute atomic E-state index is 12.4. The molecule has 0 saturated carbocycles. The molecule has 0 spiro atoms. The van der Waals surface area contributed by atoms with Crippen LogP contribution >= 0.6 is 0 Å². The Labute approximate surface area is 147 Å². The Morgan fingerprint density at radius 2 is 1.88 bits per heavy atom. The topological polar surface area (TPSA) is 140 Å². The molecule has 11 heteroatoms. The molecule has 1 aromatic heterocycles. The Kier molecular flexibility index (Phi) is 4.30. The Hall–Kier alpha value is -3.47. The first kappa shape index (κ1) is 17.4. The van der Waals surface area contributed by atoms with Gasteiger partial charge < -0.3 is 9.67 Å². The number of aromatic nitrogens is 3.